The minimum Gasteiger partial charge on any atom is -0.317 e. The number of carbonyl (C=O) groups is 1. The summed E-state index contributed by atoms with van der Waals surface area (Å²) in [5.41, 5.74) is 1.60. The predicted molar refractivity (Wildman–Crippen MR) is 117 cm³/mol. The molecule has 1 aromatic heterocycles. The van der Waals surface area contributed by atoms with Gasteiger partial charge in [0.15, 0.2) is 5.82 Å². The van der Waals surface area contributed by atoms with E-state index in [0.717, 1.165) is 20.2 Å². The van der Waals surface area contributed by atoms with Crippen LogP contribution in [0.2, 0.25) is 0 Å². The Labute approximate surface area is 182 Å². The van der Waals surface area contributed by atoms with Gasteiger partial charge in [0.05, 0.1) is 11.4 Å². The molecule has 0 atom stereocenters. The molecule has 1 N–H and O–H groups in total. The summed E-state index contributed by atoms with van der Waals surface area (Å²) in [6.07, 6.45) is 0. The molecule has 0 fully saturated rings. The number of carbonyl (C=O) groups excluding carboxylic acids is 1. The number of nitrogens with one attached hydrogen (secondary N) is 1. The smallest absolute Gasteiger partial charge is 0.295 e. The summed E-state index contributed by atoms with van der Waals surface area (Å²) in [5, 5.41) is 6.90. The van der Waals surface area contributed by atoms with Gasteiger partial charge in [0.25, 0.3) is 5.91 Å². The SMILES string of the molecule is O=C(Nc1ccccc1F)c1nc(-c2ccc(Br)cc2)n(-c2ccc(Br)cc2)n1. The molecule has 5 nitrogen and oxygen atoms in total. The molecule has 0 saturated heterocycles. The van der Waals surface area contributed by atoms with Crippen molar-refractivity contribution in [2.45, 2.75) is 0 Å². The van der Waals surface area contributed by atoms with E-state index in [9.17, 15) is 9.18 Å². The van der Waals surface area contributed by atoms with Gasteiger partial charge in [-0.05, 0) is 48.5 Å². The van der Waals surface area contributed by atoms with Crippen LogP contribution in [0, 0.1) is 5.82 Å². The van der Waals surface area contributed by atoms with Gasteiger partial charge < -0.3 is 5.32 Å². The van der Waals surface area contributed by atoms with Crippen molar-refractivity contribution < 1.29 is 9.18 Å². The van der Waals surface area contributed by atoms with E-state index in [2.05, 4.69) is 47.3 Å². The fourth-order valence-electron chi connectivity index (χ4n) is 2.70. The van der Waals surface area contributed by atoms with Gasteiger partial charge >= 0.3 is 0 Å². The van der Waals surface area contributed by atoms with Crippen LogP contribution in [0.5, 0.6) is 0 Å². The number of hydrogen-bond donors (Lipinski definition) is 1. The number of nitrogens with zero attached hydrogens (tertiary/aromatic N) is 3. The summed E-state index contributed by atoms with van der Waals surface area (Å²) >= 11 is 6.83. The average Bonchev–Trinajstić information content (AvgIpc) is 3.16. The number of rotatable bonds is 4. The van der Waals surface area contributed by atoms with E-state index >= 15 is 0 Å². The summed E-state index contributed by atoms with van der Waals surface area (Å²) in [7, 11) is 0. The van der Waals surface area contributed by atoms with Crippen molar-refractivity contribution in [1.29, 1.82) is 0 Å². The zero-order chi connectivity index (χ0) is 20.4. The monoisotopic (exact) mass is 514 g/mol. The third kappa shape index (κ3) is 4.28. The van der Waals surface area contributed by atoms with Crippen molar-refractivity contribution in [2.24, 2.45) is 0 Å². The molecule has 8 heteroatoms. The van der Waals surface area contributed by atoms with Gasteiger partial charge in [-0.2, -0.15) is 0 Å². The molecule has 0 radical (unpaired) electrons. The standard InChI is InChI=1S/C21H13Br2FN4O/c22-14-7-5-13(6-8-14)20-26-19(21(29)25-18-4-2-1-3-17(18)24)27-28(20)16-11-9-15(23)10-12-16/h1-12H,(H,25,29). The van der Waals surface area contributed by atoms with Gasteiger partial charge in [-0.3, -0.25) is 4.79 Å². The van der Waals surface area contributed by atoms with Crippen LogP contribution in [-0.2, 0) is 0 Å². The van der Waals surface area contributed by atoms with Crippen LogP contribution in [0.4, 0.5) is 10.1 Å². The van der Waals surface area contributed by atoms with Gasteiger partial charge in [0.2, 0.25) is 5.82 Å². The van der Waals surface area contributed by atoms with Crippen LogP contribution < -0.4 is 5.32 Å². The topological polar surface area (TPSA) is 59.8 Å². The summed E-state index contributed by atoms with van der Waals surface area (Å²) in [5.74, 6) is -0.682. The zero-order valence-electron chi connectivity index (χ0n) is 14.8. The summed E-state index contributed by atoms with van der Waals surface area (Å²) in [6.45, 7) is 0. The molecule has 0 spiro atoms. The Balaban J connectivity index is 1.76. The normalized spacial score (nSPS) is 10.7. The first-order chi connectivity index (χ1) is 14.0. The van der Waals surface area contributed by atoms with E-state index < -0.39 is 11.7 Å². The second-order valence-corrected chi connectivity index (χ2v) is 7.92. The maximum absolute atomic E-state index is 13.9. The molecule has 29 heavy (non-hydrogen) atoms. The first-order valence-corrected chi connectivity index (χ1v) is 10.1. The highest BCUT2D eigenvalue weighted by atomic mass is 79.9. The number of halogens is 3. The Morgan fingerprint density at radius 2 is 1.52 bits per heavy atom. The third-order valence-electron chi connectivity index (χ3n) is 4.11. The summed E-state index contributed by atoms with van der Waals surface area (Å²) in [4.78, 5) is 17.1. The third-order valence-corrected chi connectivity index (χ3v) is 5.16. The van der Waals surface area contributed by atoms with Crippen LogP contribution in [0.3, 0.4) is 0 Å². The van der Waals surface area contributed by atoms with E-state index in [1.54, 1.807) is 16.8 Å². The van der Waals surface area contributed by atoms with E-state index in [-0.39, 0.29) is 11.5 Å². The molecule has 0 aliphatic heterocycles. The fraction of sp³-hybridized carbons (Fsp3) is 0. The molecule has 4 aromatic rings. The van der Waals surface area contributed by atoms with E-state index in [1.807, 2.05) is 48.5 Å². The van der Waals surface area contributed by atoms with Crippen molar-refractivity contribution in [3.8, 4) is 17.1 Å². The van der Waals surface area contributed by atoms with E-state index in [1.165, 1.54) is 12.1 Å². The lowest BCUT2D eigenvalue weighted by Gasteiger charge is -2.06. The maximum Gasteiger partial charge on any atom is 0.295 e. The highest BCUT2D eigenvalue weighted by Crippen LogP contribution is 2.24. The maximum atomic E-state index is 13.9. The van der Waals surface area contributed by atoms with Crippen LogP contribution in [0.15, 0.2) is 81.7 Å². The van der Waals surface area contributed by atoms with E-state index in [4.69, 9.17) is 0 Å². The van der Waals surface area contributed by atoms with Gasteiger partial charge in [0.1, 0.15) is 5.82 Å². The number of benzene rings is 3. The number of amides is 1. The van der Waals surface area contributed by atoms with E-state index in [0.29, 0.717) is 5.82 Å². The number of anilines is 1. The molecule has 4 rings (SSSR count). The number of aromatic nitrogens is 3. The molecule has 1 amide bonds. The second kappa shape index (κ2) is 8.26. The Bertz CT molecular complexity index is 1110. The molecule has 3 aromatic carbocycles. The molecule has 144 valence electrons. The van der Waals surface area contributed by atoms with Gasteiger partial charge in [0, 0.05) is 14.5 Å². The highest BCUT2D eigenvalue weighted by molar-refractivity contribution is 9.10. The Morgan fingerprint density at radius 3 is 2.17 bits per heavy atom. The first-order valence-electron chi connectivity index (χ1n) is 8.56. The minimum absolute atomic E-state index is 0.0610. The molecule has 0 unspecified atom stereocenters. The van der Waals surface area contributed by atoms with Gasteiger partial charge in [-0.25, -0.2) is 14.1 Å². The molecule has 0 bridgehead atoms. The fourth-order valence-corrected chi connectivity index (χ4v) is 3.23. The van der Waals surface area contributed by atoms with Crippen molar-refractivity contribution in [1.82, 2.24) is 14.8 Å². The summed E-state index contributed by atoms with van der Waals surface area (Å²) < 4.78 is 17.3. The number of para-hydroxylation sites is 1. The Kier molecular flexibility index (Phi) is 5.55. The summed E-state index contributed by atoms with van der Waals surface area (Å²) in [6, 6.07) is 20.9. The van der Waals surface area contributed by atoms with Crippen molar-refractivity contribution in [3.05, 3.63) is 93.4 Å². The van der Waals surface area contributed by atoms with Crippen LogP contribution in [0.25, 0.3) is 17.1 Å². The quantitative estimate of drug-likeness (QED) is 0.371. The molecule has 0 aliphatic rings. The van der Waals surface area contributed by atoms with Crippen molar-refractivity contribution >= 4 is 43.5 Å². The lowest BCUT2D eigenvalue weighted by Crippen LogP contribution is -2.15. The van der Waals surface area contributed by atoms with Crippen LogP contribution >= 0.6 is 31.9 Å². The van der Waals surface area contributed by atoms with Crippen molar-refractivity contribution in [3.63, 3.8) is 0 Å². The molecular weight excluding hydrogens is 503 g/mol. The molecule has 0 aliphatic carbocycles. The predicted octanol–water partition coefficient (Wildman–Crippen LogP) is 5.85. The molecule has 1 heterocycles. The van der Waals surface area contributed by atoms with Crippen LogP contribution in [0.1, 0.15) is 10.6 Å². The van der Waals surface area contributed by atoms with Crippen molar-refractivity contribution in [2.75, 3.05) is 5.32 Å². The van der Waals surface area contributed by atoms with Crippen LogP contribution in [-0.4, -0.2) is 20.7 Å². The lowest BCUT2D eigenvalue weighted by molar-refractivity contribution is 0.101. The second-order valence-electron chi connectivity index (χ2n) is 6.09. The molecular formula is C21H13Br2FN4O. The first kappa shape index (κ1) is 19.5. The zero-order valence-corrected chi connectivity index (χ0v) is 18.0. The largest absolute Gasteiger partial charge is 0.317 e. The Morgan fingerprint density at radius 1 is 0.897 bits per heavy atom. The molecule has 0 saturated carbocycles. The highest BCUT2D eigenvalue weighted by Gasteiger charge is 2.19. The minimum atomic E-state index is -0.593. The average molecular weight is 516 g/mol. The van der Waals surface area contributed by atoms with Gasteiger partial charge in [-0.15, -0.1) is 5.10 Å². The lowest BCUT2D eigenvalue weighted by atomic mass is 10.2. The van der Waals surface area contributed by atoms with Gasteiger partial charge in [-0.1, -0.05) is 56.1 Å². The number of hydrogen-bond acceptors (Lipinski definition) is 3. The Hall–Kier alpha value is -2.84.